The molecule has 0 radical (unpaired) electrons. The molecule has 10 heteroatoms. The first kappa shape index (κ1) is 22.2. The summed E-state index contributed by atoms with van der Waals surface area (Å²) in [5.41, 5.74) is 8.23. The van der Waals surface area contributed by atoms with Crippen LogP contribution >= 0.6 is 27.3 Å². The molecular weight excluding hydrogens is 498 g/mol. The van der Waals surface area contributed by atoms with Crippen LogP contribution in [-0.2, 0) is 14.3 Å². The van der Waals surface area contributed by atoms with Crippen molar-refractivity contribution >= 4 is 50.4 Å². The SMILES string of the molecule is CCOC(=O)C1=C(N)N(c2cccc([N+](=O)[O-])c2)C2=C(C(=O)CCC2)[C@@H]1c1ccc(Br)s1. The van der Waals surface area contributed by atoms with Crippen LogP contribution in [-0.4, -0.2) is 23.3 Å². The Morgan fingerprint density at radius 2 is 2.12 bits per heavy atom. The van der Waals surface area contributed by atoms with E-state index in [2.05, 4.69) is 15.9 Å². The molecule has 8 nitrogen and oxygen atoms in total. The number of ether oxygens (including phenoxy) is 1. The summed E-state index contributed by atoms with van der Waals surface area (Å²) in [5, 5.41) is 11.3. The number of nitrogens with two attached hydrogens (primary N) is 1. The number of rotatable bonds is 5. The Labute approximate surface area is 196 Å². The van der Waals surface area contributed by atoms with E-state index >= 15 is 0 Å². The normalized spacial score (nSPS) is 18.6. The Morgan fingerprint density at radius 1 is 1.34 bits per heavy atom. The molecule has 2 heterocycles. The van der Waals surface area contributed by atoms with Crippen molar-refractivity contribution in [2.75, 3.05) is 11.5 Å². The van der Waals surface area contributed by atoms with Crippen LogP contribution in [0.3, 0.4) is 0 Å². The Morgan fingerprint density at radius 3 is 2.78 bits per heavy atom. The predicted molar refractivity (Wildman–Crippen MR) is 124 cm³/mol. The second-order valence-corrected chi connectivity index (χ2v) is 9.84. The number of thiophene rings is 1. The number of hydrogen-bond acceptors (Lipinski definition) is 8. The van der Waals surface area contributed by atoms with E-state index < -0.39 is 16.8 Å². The van der Waals surface area contributed by atoms with Gasteiger partial charge in [-0.05, 0) is 53.9 Å². The molecule has 0 amide bonds. The Bertz CT molecular complexity index is 1190. The summed E-state index contributed by atoms with van der Waals surface area (Å²) in [4.78, 5) is 39.5. The standard InChI is InChI=1S/C22H20BrN3O5S/c1-2-31-22(28)20-19(16-9-10-17(23)32-16)18-14(7-4-8-15(18)27)25(21(20)24)12-5-3-6-13(11-12)26(29)30/h3,5-6,9-11,19H,2,4,7-8,24H2,1H3/t19-/m0/s1. The summed E-state index contributed by atoms with van der Waals surface area (Å²) >= 11 is 4.88. The molecule has 2 aliphatic rings. The van der Waals surface area contributed by atoms with E-state index in [1.165, 1.54) is 23.5 Å². The average molecular weight is 518 g/mol. The molecule has 0 spiro atoms. The van der Waals surface area contributed by atoms with Crippen LogP contribution in [0.4, 0.5) is 11.4 Å². The molecular formula is C22H20BrN3O5S. The number of hydrogen-bond donors (Lipinski definition) is 1. The van der Waals surface area contributed by atoms with Gasteiger partial charge in [-0.1, -0.05) is 6.07 Å². The molecule has 32 heavy (non-hydrogen) atoms. The Hall–Kier alpha value is -2.98. The number of ketones is 1. The van der Waals surface area contributed by atoms with E-state index in [1.54, 1.807) is 24.0 Å². The number of allylic oxidation sites excluding steroid dienone is 2. The zero-order valence-corrected chi connectivity index (χ0v) is 19.6. The van der Waals surface area contributed by atoms with Crippen molar-refractivity contribution in [2.45, 2.75) is 32.1 Å². The number of halogens is 1. The summed E-state index contributed by atoms with van der Waals surface area (Å²) in [6.07, 6.45) is 1.55. The molecule has 1 aromatic heterocycles. The van der Waals surface area contributed by atoms with Gasteiger partial charge >= 0.3 is 5.97 Å². The number of nitro benzene ring substituents is 1. The maximum Gasteiger partial charge on any atom is 0.338 e. The summed E-state index contributed by atoms with van der Waals surface area (Å²) in [5.74, 6) is -1.21. The highest BCUT2D eigenvalue weighted by Crippen LogP contribution is 2.48. The lowest BCUT2D eigenvalue weighted by molar-refractivity contribution is -0.384. The fourth-order valence-electron chi connectivity index (χ4n) is 4.20. The van der Waals surface area contributed by atoms with E-state index in [9.17, 15) is 19.7 Å². The van der Waals surface area contributed by atoms with Crippen LogP contribution in [0, 0.1) is 10.1 Å². The van der Waals surface area contributed by atoms with Gasteiger partial charge in [0, 0.05) is 34.7 Å². The minimum Gasteiger partial charge on any atom is -0.463 e. The van der Waals surface area contributed by atoms with Crippen molar-refractivity contribution < 1.29 is 19.2 Å². The van der Waals surface area contributed by atoms with Crippen LogP contribution in [0.5, 0.6) is 0 Å². The van der Waals surface area contributed by atoms with Crippen molar-refractivity contribution in [3.63, 3.8) is 0 Å². The van der Waals surface area contributed by atoms with Gasteiger partial charge < -0.3 is 10.5 Å². The largest absolute Gasteiger partial charge is 0.463 e. The fraction of sp³-hybridized carbons (Fsp3) is 0.273. The van der Waals surface area contributed by atoms with Crippen LogP contribution in [0.15, 0.2) is 62.8 Å². The lowest BCUT2D eigenvalue weighted by Crippen LogP contribution is -2.40. The van der Waals surface area contributed by atoms with Gasteiger partial charge in [0.2, 0.25) is 0 Å². The van der Waals surface area contributed by atoms with Crippen molar-refractivity contribution in [3.8, 4) is 0 Å². The van der Waals surface area contributed by atoms with Gasteiger partial charge in [-0.15, -0.1) is 11.3 Å². The van der Waals surface area contributed by atoms with E-state index in [0.29, 0.717) is 36.2 Å². The number of carbonyl (C=O) groups excluding carboxylic acids is 2. The maximum absolute atomic E-state index is 13.2. The average Bonchev–Trinajstić information content (AvgIpc) is 3.19. The fourth-order valence-corrected chi connectivity index (χ4v) is 5.75. The summed E-state index contributed by atoms with van der Waals surface area (Å²) < 4.78 is 6.18. The first-order chi connectivity index (χ1) is 15.3. The molecule has 1 aliphatic carbocycles. The summed E-state index contributed by atoms with van der Waals surface area (Å²) in [7, 11) is 0. The molecule has 1 aliphatic heterocycles. The Kier molecular flexibility index (Phi) is 6.16. The number of nitrogens with zero attached hydrogens (tertiary/aromatic N) is 2. The van der Waals surface area contributed by atoms with Crippen LogP contribution in [0.25, 0.3) is 0 Å². The van der Waals surface area contributed by atoms with Gasteiger partial charge in [0.1, 0.15) is 5.82 Å². The molecule has 2 N–H and O–H groups in total. The van der Waals surface area contributed by atoms with E-state index in [0.717, 1.165) is 8.66 Å². The highest BCUT2D eigenvalue weighted by molar-refractivity contribution is 9.11. The number of Topliss-reactive ketones (excluding diaryl/α,β-unsaturated/α-hetero) is 1. The third-order valence-electron chi connectivity index (χ3n) is 5.47. The van der Waals surface area contributed by atoms with Crippen molar-refractivity contribution in [1.29, 1.82) is 0 Å². The van der Waals surface area contributed by atoms with Crippen LogP contribution in [0.1, 0.15) is 37.0 Å². The van der Waals surface area contributed by atoms with Gasteiger partial charge in [0.15, 0.2) is 5.78 Å². The second-order valence-electron chi connectivity index (χ2n) is 7.34. The molecule has 0 fully saturated rings. The molecule has 0 unspecified atom stereocenters. The molecule has 0 bridgehead atoms. The zero-order chi connectivity index (χ0) is 23.0. The predicted octanol–water partition coefficient (Wildman–Crippen LogP) is 4.76. The van der Waals surface area contributed by atoms with Crippen LogP contribution in [0.2, 0.25) is 0 Å². The minimum atomic E-state index is -0.650. The Balaban J connectivity index is 1.99. The molecule has 0 saturated carbocycles. The zero-order valence-electron chi connectivity index (χ0n) is 17.2. The van der Waals surface area contributed by atoms with Gasteiger partial charge in [-0.3, -0.25) is 19.8 Å². The lowest BCUT2D eigenvalue weighted by Gasteiger charge is -2.40. The third-order valence-corrected chi connectivity index (χ3v) is 7.15. The number of esters is 1. The third kappa shape index (κ3) is 3.84. The topological polar surface area (TPSA) is 116 Å². The summed E-state index contributed by atoms with van der Waals surface area (Å²) in [6.45, 7) is 1.84. The van der Waals surface area contributed by atoms with E-state index in [1.807, 2.05) is 12.1 Å². The number of anilines is 1. The molecule has 0 saturated heterocycles. The minimum absolute atomic E-state index is 0.0644. The van der Waals surface area contributed by atoms with Crippen molar-refractivity contribution in [2.24, 2.45) is 5.73 Å². The lowest BCUT2D eigenvalue weighted by atomic mass is 9.77. The maximum atomic E-state index is 13.2. The first-order valence-electron chi connectivity index (χ1n) is 10.1. The summed E-state index contributed by atoms with van der Waals surface area (Å²) in [6, 6.07) is 9.72. The molecule has 1 atom stereocenters. The van der Waals surface area contributed by atoms with Crippen molar-refractivity contribution in [1.82, 2.24) is 0 Å². The number of non-ortho nitro benzene ring substituents is 1. The van der Waals surface area contributed by atoms with Gasteiger partial charge in [0.05, 0.1) is 32.5 Å². The van der Waals surface area contributed by atoms with E-state index in [-0.39, 0.29) is 29.5 Å². The van der Waals surface area contributed by atoms with Gasteiger partial charge in [0.25, 0.3) is 5.69 Å². The van der Waals surface area contributed by atoms with Gasteiger partial charge in [-0.25, -0.2) is 4.79 Å². The van der Waals surface area contributed by atoms with Crippen LogP contribution < -0.4 is 10.6 Å². The highest BCUT2D eigenvalue weighted by Gasteiger charge is 2.43. The smallest absolute Gasteiger partial charge is 0.338 e. The number of nitro groups is 1. The van der Waals surface area contributed by atoms with Gasteiger partial charge in [-0.2, -0.15) is 0 Å². The molecule has 1 aromatic carbocycles. The molecule has 4 rings (SSSR count). The highest BCUT2D eigenvalue weighted by atomic mass is 79.9. The monoisotopic (exact) mass is 517 g/mol. The van der Waals surface area contributed by atoms with Crippen molar-refractivity contribution in [3.05, 3.63) is 77.8 Å². The number of carbonyl (C=O) groups is 2. The van der Waals surface area contributed by atoms with E-state index in [4.69, 9.17) is 10.5 Å². The molecule has 2 aromatic rings. The quantitative estimate of drug-likeness (QED) is 0.345. The number of benzene rings is 1. The second kappa shape index (κ2) is 8.87. The molecule has 166 valence electrons. The first-order valence-corrected chi connectivity index (χ1v) is 11.7.